The summed E-state index contributed by atoms with van der Waals surface area (Å²) in [6.45, 7) is 2.97. The van der Waals surface area contributed by atoms with Crippen LogP contribution in [0.3, 0.4) is 0 Å². The molecule has 6 nitrogen and oxygen atoms in total. The molecule has 1 aliphatic heterocycles. The molecule has 1 heterocycles. The Labute approximate surface area is 169 Å². The fourth-order valence-electron chi connectivity index (χ4n) is 3.10. The van der Waals surface area contributed by atoms with Crippen LogP contribution in [-0.4, -0.2) is 42.4 Å². The first-order chi connectivity index (χ1) is 14.1. The fourth-order valence-corrected chi connectivity index (χ4v) is 3.10. The maximum absolute atomic E-state index is 12.3. The molecule has 0 fully saturated rings. The van der Waals surface area contributed by atoms with Crippen molar-refractivity contribution >= 4 is 23.9 Å². The Morgan fingerprint density at radius 3 is 2.31 bits per heavy atom. The van der Waals surface area contributed by atoms with Crippen LogP contribution < -0.4 is 4.74 Å². The second kappa shape index (κ2) is 9.68. The van der Waals surface area contributed by atoms with E-state index < -0.39 is 5.97 Å². The van der Waals surface area contributed by atoms with Gasteiger partial charge in [-0.05, 0) is 44.0 Å². The molecular weight excluding hydrogens is 370 g/mol. The van der Waals surface area contributed by atoms with Gasteiger partial charge in [0.1, 0.15) is 5.75 Å². The van der Waals surface area contributed by atoms with Crippen LogP contribution in [0.5, 0.6) is 5.75 Å². The Hall–Kier alpha value is -3.41. The number of fused-ring (bicyclic) bond motifs is 1. The lowest BCUT2D eigenvalue weighted by molar-refractivity contribution is -0.137. The van der Waals surface area contributed by atoms with E-state index in [0.29, 0.717) is 42.9 Å². The second-order valence-corrected chi connectivity index (χ2v) is 6.49. The first kappa shape index (κ1) is 20.3. The molecule has 150 valence electrons. The highest BCUT2D eigenvalue weighted by molar-refractivity contribution is 6.21. The number of benzene rings is 2. The van der Waals surface area contributed by atoms with Crippen molar-refractivity contribution in [2.45, 2.75) is 19.8 Å². The number of para-hydroxylation sites is 1. The summed E-state index contributed by atoms with van der Waals surface area (Å²) < 4.78 is 10.7. The van der Waals surface area contributed by atoms with Gasteiger partial charge in [-0.3, -0.25) is 14.5 Å². The van der Waals surface area contributed by atoms with Gasteiger partial charge in [-0.1, -0.05) is 30.3 Å². The van der Waals surface area contributed by atoms with Crippen LogP contribution in [-0.2, 0) is 9.53 Å². The van der Waals surface area contributed by atoms with Crippen molar-refractivity contribution in [3.05, 3.63) is 71.3 Å². The van der Waals surface area contributed by atoms with Gasteiger partial charge in [0.05, 0.1) is 24.3 Å². The van der Waals surface area contributed by atoms with Gasteiger partial charge in [-0.2, -0.15) is 0 Å². The quantitative estimate of drug-likeness (QED) is 0.281. The topological polar surface area (TPSA) is 72.9 Å². The minimum atomic E-state index is -0.447. The molecule has 2 aromatic carbocycles. The predicted octanol–water partition coefficient (Wildman–Crippen LogP) is 3.72. The molecule has 0 aromatic heterocycles. The number of amides is 2. The summed E-state index contributed by atoms with van der Waals surface area (Å²) >= 11 is 0. The van der Waals surface area contributed by atoms with Gasteiger partial charge in [0, 0.05) is 18.2 Å². The summed E-state index contributed by atoms with van der Waals surface area (Å²) in [4.78, 5) is 37.7. The first-order valence-electron chi connectivity index (χ1n) is 9.63. The maximum atomic E-state index is 12.3. The SMILES string of the molecule is CCOc1ccccc1/C=C/C(=O)OCCCCN1C(=O)c2ccccc2C1=O. The van der Waals surface area contributed by atoms with Gasteiger partial charge >= 0.3 is 5.97 Å². The Morgan fingerprint density at radius 1 is 0.966 bits per heavy atom. The summed E-state index contributed by atoms with van der Waals surface area (Å²) in [7, 11) is 0. The molecule has 0 atom stereocenters. The number of carbonyl (C=O) groups excluding carboxylic acids is 3. The van der Waals surface area contributed by atoms with Crippen molar-refractivity contribution in [1.82, 2.24) is 4.90 Å². The molecule has 29 heavy (non-hydrogen) atoms. The summed E-state index contributed by atoms with van der Waals surface area (Å²) in [6.07, 6.45) is 4.15. The van der Waals surface area contributed by atoms with E-state index in [1.165, 1.54) is 11.0 Å². The van der Waals surface area contributed by atoms with Gasteiger partial charge < -0.3 is 9.47 Å². The molecule has 0 saturated carbocycles. The van der Waals surface area contributed by atoms with E-state index in [9.17, 15) is 14.4 Å². The molecule has 0 radical (unpaired) electrons. The monoisotopic (exact) mass is 393 g/mol. The van der Waals surface area contributed by atoms with Crippen LogP contribution in [0.2, 0.25) is 0 Å². The third-order valence-corrected chi connectivity index (χ3v) is 4.52. The lowest BCUT2D eigenvalue weighted by atomic mass is 10.1. The largest absolute Gasteiger partial charge is 0.493 e. The van der Waals surface area contributed by atoms with Crippen molar-refractivity contribution < 1.29 is 23.9 Å². The van der Waals surface area contributed by atoms with Crippen molar-refractivity contribution in [3.8, 4) is 5.75 Å². The standard InChI is InChI=1S/C23H23NO5/c1-2-28-20-12-6-3-9-17(20)13-14-21(25)29-16-8-7-15-24-22(26)18-10-4-5-11-19(18)23(24)27/h3-6,9-14H,2,7-8,15-16H2,1H3/b14-13+. The number of esters is 1. The molecule has 0 saturated heterocycles. The number of ether oxygens (including phenoxy) is 2. The highest BCUT2D eigenvalue weighted by atomic mass is 16.5. The minimum Gasteiger partial charge on any atom is -0.493 e. The molecular formula is C23H23NO5. The predicted molar refractivity (Wildman–Crippen MR) is 109 cm³/mol. The first-order valence-corrected chi connectivity index (χ1v) is 9.63. The summed E-state index contributed by atoms with van der Waals surface area (Å²) in [6, 6.07) is 14.2. The van der Waals surface area contributed by atoms with Crippen molar-refractivity contribution in [1.29, 1.82) is 0 Å². The Balaban J connectivity index is 1.41. The fraction of sp³-hybridized carbons (Fsp3) is 0.261. The molecule has 2 aromatic rings. The number of hydrogen-bond acceptors (Lipinski definition) is 5. The summed E-state index contributed by atoms with van der Waals surface area (Å²) in [5.74, 6) is -0.269. The molecule has 2 amide bonds. The molecule has 0 bridgehead atoms. The van der Waals surface area contributed by atoms with E-state index >= 15 is 0 Å². The molecule has 0 N–H and O–H groups in total. The number of nitrogens with zero attached hydrogens (tertiary/aromatic N) is 1. The molecule has 0 aliphatic carbocycles. The van der Waals surface area contributed by atoms with E-state index in [4.69, 9.17) is 9.47 Å². The van der Waals surface area contributed by atoms with Crippen LogP contribution >= 0.6 is 0 Å². The molecule has 3 rings (SSSR count). The van der Waals surface area contributed by atoms with E-state index in [1.54, 1.807) is 30.3 Å². The minimum absolute atomic E-state index is 0.222. The Morgan fingerprint density at radius 2 is 1.62 bits per heavy atom. The van der Waals surface area contributed by atoms with Gasteiger partial charge in [0.2, 0.25) is 0 Å². The van der Waals surface area contributed by atoms with Crippen LogP contribution in [0.15, 0.2) is 54.6 Å². The third kappa shape index (κ3) is 4.90. The second-order valence-electron chi connectivity index (χ2n) is 6.49. The molecule has 0 spiro atoms. The van der Waals surface area contributed by atoms with Crippen LogP contribution in [0.4, 0.5) is 0 Å². The zero-order valence-electron chi connectivity index (χ0n) is 16.3. The van der Waals surface area contributed by atoms with E-state index in [2.05, 4.69) is 0 Å². The molecule has 1 aliphatic rings. The van der Waals surface area contributed by atoms with Crippen LogP contribution in [0, 0.1) is 0 Å². The zero-order valence-corrected chi connectivity index (χ0v) is 16.3. The number of unbranched alkanes of at least 4 members (excludes halogenated alkanes) is 1. The summed E-state index contributed by atoms with van der Waals surface area (Å²) in [5.41, 5.74) is 1.69. The number of imide groups is 1. The van der Waals surface area contributed by atoms with Gasteiger partial charge in [-0.15, -0.1) is 0 Å². The van der Waals surface area contributed by atoms with E-state index in [0.717, 1.165) is 5.56 Å². The smallest absolute Gasteiger partial charge is 0.330 e. The van der Waals surface area contributed by atoms with E-state index in [-0.39, 0.29) is 18.4 Å². The summed E-state index contributed by atoms with van der Waals surface area (Å²) in [5, 5.41) is 0. The van der Waals surface area contributed by atoms with Crippen molar-refractivity contribution in [3.63, 3.8) is 0 Å². The van der Waals surface area contributed by atoms with Gasteiger partial charge in [0.25, 0.3) is 11.8 Å². The van der Waals surface area contributed by atoms with Crippen molar-refractivity contribution in [2.24, 2.45) is 0 Å². The molecule has 6 heteroatoms. The number of rotatable bonds is 9. The molecule has 0 unspecified atom stereocenters. The zero-order chi connectivity index (χ0) is 20.6. The van der Waals surface area contributed by atoms with Gasteiger partial charge in [0.15, 0.2) is 0 Å². The van der Waals surface area contributed by atoms with E-state index in [1.807, 2.05) is 31.2 Å². The normalized spacial score (nSPS) is 13.1. The highest BCUT2D eigenvalue weighted by Gasteiger charge is 2.34. The van der Waals surface area contributed by atoms with Crippen molar-refractivity contribution in [2.75, 3.05) is 19.8 Å². The highest BCUT2D eigenvalue weighted by Crippen LogP contribution is 2.22. The lowest BCUT2D eigenvalue weighted by Gasteiger charge is -2.13. The Bertz CT molecular complexity index is 899. The Kier molecular flexibility index (Phi) is 6.79. The van der Waals surface area contributed by atoms with Gasteiger partial charge in [-0.25, -0.2) is 4.79 Å². The van der Waals surface area contributed by atoms with Crippen LogP contribution in [0.1, 0.15) is 46.0 Å². The average Bonchev–Trinajstić information content (AvgIpc) is 2.98. The average molecular weight is 393 g/mol. The maximum Gasteiger partial charge on any atom is 0.330 e. The number of carbonyl (C=O) groups is 3. The van der Waals surface area contributed by atoms with Crippen LogP contribution in [0.25, 0.3) is 6.08 Å². The number of hydrogen-bond donors (Lipinski definition) is 0. The lowest BCUT2D eigenvalue weighted by Crippen LogP contribution is -2.30. The third-order valence-electron chi connectivity index (χ3n) is 4.52.